The molecule has 0 aliphatic rings. The van der Waals surface area contributed by atoms with Gasteiger partial charge in [0.15, 0.2) is 6.29 Å². The van der Waals surface area contributed by atoms with Crippen molar-refractivity contribution in [3.05, 3.63) is 24.3 Å². The lowest BCUT2D eigenvalue weighted by atomic mass is 9.80. The van der Waals surface area contributed by atoms with E-state index in [-0.39, 0.29) is 0 Å². The first kappa shape index (κ1) is 29.1. The first-order chi connectivity index (χ1) is 16.1. The van der Waals surface area contributed by atoms with Crippen molar-refractivity contribution in [2.45, 2.75) is 116 Å². The second-order valence-electron chi connectivity index (χ2n) is 8.65. The lowest BCUT2D eigenvalue weighted by Gasteiger charge is -2.13. The summed E-state index contributed by atoms with van der Waals surface area (Å²) in [4.78, 5) is 0. The SMILES string of the molecule is CCCCCCCCCC#CC#CCCCCCCCCC(O)Oc1ccc(B(O)O)cc1. The highest BCUT2D eigenvalue weighted by molar-refractivity contribution is 6.58. The van der Waals surface area contributed by atoms with Gasteiger partial charge in [0.25, 0.3) is 0 Å². The monoisotopic (exact) mass is 454 g/mol. The Balaban J connectivity index is 1.91. The maximum atomic E-state index is 9.98. The van der Waals surface area contributed by atoms with Crippen molar-refractivity contribution in [2.24, 2.45) is 0 Å². The second kappa shape index (κ2) is 20.7. The topological polar surface area (TPSA) is 69.9 Å². The summed E-state index contributed by atoms with van der Waals surface area (Å²) < 4.78 is 5.45. The van der Waals surface area contributed by atoms with Crippen molar-refractivity contribution in [1.82, 2.24) is 0 Å². The van der Waals surface area contributed by atoms with Crippen LogP contribution in [0.3, 0.4) is 0 Å². The summed E-state index contributed by atoms with van der Waals surface area (Å²) in [6, 6.07) is 6.40. The number of hydrogen-bond acceptors (Lipinski definition) is 4. The molecule has 4 nitrogen and oxygen atoms in total. The van der Waals surface area contributed by atoms with Crippen molar-refractivity contribution in [2.75, 3.05) is 0 Å². The Labute approximate surface area is 202 Å². The Bertz CT molecular complexity index is 709. The van der Waals surface area contributed by atoms with Crippen molar-refractivity contribution in [1.29, 1.82) is 0 Å². The van der Waals surface area contributed by atoms with E-state index in [2.05, 4.69) is 30.6 Å². The standard InChI is InChI=1S/C28H43BO4/c1-2-3-4-5-6-7-8-9-10-11-12-13-14-15-16-17-18-19-20-21-28(30)33-27-24-22-26(23-25-27)29(31)32/h22-25,28,30-32H,2-9,14-21H2,1H3. The van der Waals surface area contributed by atoms with Crippen LogP contribution in [0.2, 0.25) is 0 Å². The fraction of sp³-hybridized carbons (Fsp3) is 0.643. The van der Waals surface area contributed by atoms with Crippen LogP contribution in [0.25, 0.3) is 0 Å². The van der Waals surface area contributed by atoms with Crippen molar-refractivity contribution in [3.8, 4) is 29.4 Å². The summed E-state index contributed by atoms with van der Waals surface area (Å²) in [6.07, 6.45) is 17.6. The van der Waals surface area contributed by atoms with Crippen LogP contribution in [0.4, 0.5) is 0 Å². The van der Waals surface area contributed by atoms with Gasteiger partial charge in [0.05, 0.1) is 0 Å². The Morgan fingerprint density at radius 3 is 1.73 bits per heavy atom. The molecule has 0 fully saturated rings. The van der Waals surface area contributed by atoms with E-state index in [1.807, 2.05) is 0 Å². The number of ether oxygens (including phenoxy) is 1. The molecule has 0 radical (unpaired) electrons. The van der Waals surface area contributed by atoms with E-state index < -0.39 is 13.4 Å². The number of rotatable bonds is 18. The molecular weight excluding hydrogens is 411 g/mol. The fourth-order valence-corrected chi connectivity index (χ4v) is 3.56. The first-order valence-corrected chi connectivity index (χ1v) is 12.9. The third-order valence-electron chi connectivity index (χ3n) is 5.60. The largest absolute Gasteiger partial charge is 0.488 e. The van der Waals surface area contributed by atoms with Crippen molar-refractivity contribution >= 4 is 12.6 Å². The van der Waals surface area contributed by atoms with E-state index >= 15 is 0 Å². The minimum atomic E-state index is -1.49. The molecule has 1 atom stereocenters. The van der Waals surface area contributed by atoms with Crippen LogP contribution in [0.1, 0.15) is 110 Å². The summed E-state index contributed by atoms with van der Waals surface area (Å²) in [6.45, 7) is 2.25. The quantitative estimate of drug-likeness (QED) is 0.121. The van der Waals surface area contributed by atoms with E-state index in [1.54, 1.807) is 24.3 Å². The van der Waals surface area contributed by atoms with E-state index in [1.165, 1.54) is 57.8 Å². The van der Waals surface area contributed by atoms with Crippen molar-refractivity contribution < 1.29 is 19.9 Å². The Morgan fingerprint density at radius 1 is 0.727 bits per heavy atom. The summed E-state index contributed by atoms with van der Waals surface area (Å²) in [5, 5.41) is 28.1. The minimum Gasteiger partial charge on any atom is -0.465 e. The van der Waals surface area contributed by atoms with Gasteiger partial charge in [0.2, 0.25) is 0 Å². The molecule has 0 aliphatic carbocycles. The van der Waals surface area contributed by atoms with Gasteiger partial charge in [0, 0.05) is 19.3 Å². The lowest BCUT2D eigenvalue weighted by Crippen LogP contribution is -2.29. The molecular formula is C28H43BO4. The molecule has 0 spiro atoms. The fourth-order valence-electron chi connectivity index (χ4n) is 3.56. The van der Waals surface area contributed by atoms with Crippen LogP contribution < -0.4 is 10.2 Å². The van der Waals surface area contributed by atoms with Gasteiger partial charge in [-0.3, -0.25) is 0 Å². The highest BCUT2D eigenvalue weighted by Gasteiger charge is 2.11. The Hall–Kier alpha value is -1.92. The van der Waals surface area contributed by atoms with Crippen LogP contribution >= 0.6 is 0 Å². The molecule has 1 unspecified atom stereocenters. The zero-order valence-corrected chi connectivity index (χ0v) is 20.5. The van der Waals surface area contributed by atoms with Gasteiger partial charge in [-0.15, -0.1) is 0 Å². The maximum Gasteiger partial charge on any atom is 0.488 e. The molecule has 0 heterocycles. The molecule has 33 heavy (non-hydrogen) atoms. The van der Waals surface area contributed by atoms with E-state index in [0.29, 0.717) is 17.6 Å². The highest BCUT2D eigenvalue weighted by atomic mass is 16.6. The molecule has 0 saturated carbocycles. The zero-order chi connectivity index (χ0) is 24.0. The molecule has 0 amide bonds. The summed E-state index contributed by atoms with van der Waals surface area (Å²) in [5.41, 5.74) is 0.398. The zero-order valence-electron chi connectivity index (χ0n) is 20.5. The molecule has 0 aromatic heterocycles. The third kappa shape index (κ3) is 17.3. The lowest BCUT2D eigenvalue weighted by molar-refractivity contribution is -0.0246. The molecule has 1 aromatic carbocycles. The van der Waals surface area contributed by atoms with Crippen LogP contribution in [0.5, 0.6) is 5.75 Å². The average molecular weight is 454 g/mol. The Kier molecular flexibility index (Phi) is 18.2. The van der Waals surface area contributed by atoms with Gasteiger partial charge in [0.1, 0.15) is 5.75 Å². The average Bonchev–Trinajstić information content (AvgIpc) is 2.81. The smallest absolute Gasteiger partial charge is 0.465 e. The molecule has 0 aliphatic heterocycles. The summed E-state index contributed by atoms with van der Waals surface area (Å²) >= 11 is 0. The Morgan fingerprint density at radius 2 is 1.21 bits per heavy atom. The molecule has 182 valence electrons. The molecule has 0 bridgehead atoms. The number of benzene rings is 1. The second-order valence-corrected chi connectivity index (χ2v) is 8.65. The van der Waals surface area contributed by atoms with Gasteiger partial charge in [-0.2, -0.15) is 0 Å². The van der Waals surface area contributed by atoms with E-state index in [0.717, 1.165) is 38.5 Å². The van der Waals surface area contributed by atoms with E-state index in [4.69, 9.17) is 14.8 Å². The normalized spacial score (nSPS) is 11.2. The van der Waals surface area contributed by atoms with Crippen molar-refractivity contribution in [3.63, 3.8) is 0 Å². The molecule has 1 rings (SSSR count). The number of hydrogen-bond donors (Lipinski definition) is 3. The molecule has 0 saturated heterocycles. The number of unbranched alkanes of at least 4 members (excludes halogenated alkanes) is 13. The minimum absolute atomic E-state index is 0.398. The van der Waals surface area contributed by atoms with Gasteiger partial charge in [-0.05, 0) is 48.7 Å². The van der Waals surface area contributed by atoms with Gasteiger partial charge < -0.3 is 19.9 Å². The predicted octanol–water partition coefficient (Wildman–Crippen LogP) is 5.33. The summed E-state index contributed by atoms with van der Waals surface area (Å²) in [5.74, 6) is 12.8. The maximum absolute atomic E-state index is 9.98. The number of aliphatic hydroxyl groups excluding tert-OH is 1. The number of aliphatic hydroxyl groups is 1. The van der Waals surface area contributed by atoms with Gasteiger partial charge in [-0.25, -0.2) is 0 Å². The van der Waals surface area contributed by atoms with Crippen LogP contribution in [0.15, 0.2) is 24.3 Å². The summed E-state index contributed by atoms with van der Waals surface area (Å²) in [7, 11) is -1.49. The van der Waals surface area contributed by atoms with Crippen LogP contribution in [-0.4, -0.2) is 28.6 Å². The van der Waals surface area contributed by atoms with Crippen LogP contribution in [-0.2, 0) is 0 Å². The van der Waals surface area contributed by atoms with Crippen LogP contribution in [0, 0.1) is 23.7 Å². The highest BCUT2D eigenvalue weighted by Crippen LogP contribution is 2.14. The third-order valence-corrected chi connectivity index (χ3v) is 5.60. The molecule has 3 N–H and O–H groups in total. The molecule has 5 heteroatoms. The molecule has 1 aromatic rings. The first-order valence-electron chi connectivity index (χ1n) is 12.9. The van der Waals surface area contributed by atoms with Gasteiger partial charge >= 0.3 is 7.12 Å². The van der Waals surface area contributed by atoms with E-state index in [9.17, 15) is 5.11 Å². The predicted molar refractivity (Wildman–Crippen MR) is 138 cm³/mol. The van der Waals surface area contributed by atoms with Gasteiger partial charge in [-0.1, -0.05) is 95.1 Å².